The number of rotatable bonds is 4. The number of H-pyrrole nitrogens is 2. The van der Waals surface area contributed by atoms with Crippen LogP contribution in [0.4, 0.5) is 0 Å². The Hall–Kier alpha value is -3.41. The van der Waals surface area contributed by atoms with E-state index in [-0.39, 0.29) is 18.0 Å². The van der Waals surface area contributed by atoms with Gasteiger partial charge in [-0.15, -0.1) is 0 Å². The molecule has 0 saturated carbocycles. The Morgan fingerprint density at radius 3 is 2.78 bits per heavy atom. The van der Waals surface area contributed by atoms with Crippen molar-refractivity contribution in [3.63, 3.8) is 0 Å². The summed E-state index contributed by atoms with van der Waals surface area (Å²) in [6.07, 6.45) is 1.59. The molecule has 2 heterocycles. The van der Waals surface area contributed by atoms with Gasteiger partial charge in [0.1, 0.15) is 0 Å². The van der Waals surface area contributed by atoms with Crippen LogP contribution in [-0.4, -0.2) is 20.9 Å². The zero-order valence-corrected chi connectivity index (χ0v) is 15.2. The summed E-state index contributed by atoms with van der Waals surface area (Å²) in [5.41, 5.74) is 4.46. The predicted octanol–water partition coefficient (Wildman–Crippen LogP) is 3.46. The van der Waals surface area contributed by atoms with Crippen molar-refractivity contribution in [2.24, 2.45) is 0 Å². The zero-order valence-electron chi connectivity index (χ0n) is 15.2. The van der Waals surface area contributed by atoms with E-state index in [0.29, 0.717) is 17.0 Å². The Balaban J connectivity index is 1.57. The van der Waals surface area contributed by atoms with E-state index in [1.165, 1.54) is 5.56 Å². The number of aromatic amines is 2. The average Bonchev–Trinajstić information content (AvgIpc) is 3.13. The Morgan fingerprint density at radius 2 is 1.96 bits per heavy atom. The SMILES string of the molecule is CC(C)c1ccc2[nH]c(=O)c(CNC(=O)c3ccc4nc[nH]c4c3)cc2c1. The van der Waals surface area contributed by atoms with Gasteiger partial charge in [-0.05, 0) is 53.3 Å². The summed E-state index contributed by atoms with van der Waals surface area (Å²) in [5, 5.41) is 3.78. The molecule has 2 aromatic heterocycles. The fourth-order valence-electron chi connectivity index (χ4n) is 3.12. The van der Waals surface area contributed by atoms with Gasteiger partial charge in [0, 0.05) is 23.2 Å². The molecule has 0 atom stereocenters. The van der Waals surface area contributed by atoms with E-state index < -0.39 is 0 Å². The van der Waals surface area contributed by atoms with E-state index in [1.54, 1.807) is 24.5 Å². The van der Waals surface area contributed by atoms with E-state index in [1.807, 2.05) is 18.2 Å². The summed E-state index contributed by atoms with van der Waals surface area (Å²) in [7, 11) is 0. The summed E-state index contributed by atoms with van der Waals surface area (Å²) < 4.78 is 0. The maximum Gasteiger partial charge on any atom is 0.253 e. The number of aromatic nitrogens is 3. The highest BCUT2D eigenvalue weighted by atomic mass is 16.1. The highest BCUT2D eigenvalue weighted by molar-refractivity contribution is 5.97. The smallest absolute Gasteiger partial charge is 0.253 e. The van der Waals surface area contributed by atoms with Gasteiger partial charge >= 0.3 is 0 Å². The van der Waals surface area contributed by atoms with Crippen molar-refractivity contribution in [2.75, 3.05) is 0 Å². The van der Waals surface area contributed by atoms with Gasteiger partial charge in [0.05, 0.1) is 17.4 Å². The number of hydrogen-bond acceptors (Lipinski definition) is 3. The number of imidazole rings is 1. The summed E-state index contributed by atoms with van der Waals surface area (Å²) in [6, 6.07) is 13.1. The number of nitrogens with one attached hydrogen (secondary N) is 3. The van der Waals surface area contributed by atoms with E-state index in [0.717, 1.165) is 21.9 Å². The molecule has 6 heteroatoms. The number of benzene rings is 2. The molecule has 4 aromatic rings. The third-order valence-corrected chi connectivity index (χ3v) is 4.73. The van der Waals surface area contributed by atoms with Crippen molar-refractivity contribution in [1.29, 1.82) is 0 Å². The maximum atomic E-state index is 12.4. The topological polar surface area (TPSA) is 90.6 Å². The molecule has 4 rings (SSSR count). The Kier molecular flexibility index (Phi) is 4.24. The molecule has 0 saturated heterocycles. The third-order valence-electron chi connectivity index (χ3n) is 4.73. The minimum atomic E-state index is -0.234. The standard InChI is InChI=1S/C21H20N4O2/c1-12(2)13-3-5-17-15(7-13)8-16(21(27)25-17)10-22-20(26)14-4-6-18-19(9-14)24-11-23-18/h3-9,11-12H,10H2,1-2H3,(H,22,26)(H,23,24)(H,25,27). The van der Waals surface area contributed by atoms with Crippen molar-refractivity contribution in [3.05, 3.63) is 75.8 Å². The normalized spacial score (nSPS) is 11.4. The second-order valence-corrected chi connectivity index (χ2v) is 6.94. The van der Waals surface area contributed by atoms with Crippen LogP contribution in [0, 0.1) is 0 Å². The molecule has 0 fully saturated rings. The average molecular weight is 360 g/mol. The van der Waals surface area contributed by atoms with E-state index in [9.17, 15) is 9.59 Å². The van der Waals surface area contributed by atoms with Crippen molar-refractivity contribution in [3.8, 4) is 0 Å². The number of nitrogens with zero attached hydrogens (tertiary/aromatic N) is 1. The van der Waals surface area contributed by atoms with Gasteiger partial charge in [0.25, 0.3) is 11.5 Å². The number of carbonyl (C=O) groups is 1. The Bertz CT molecular complexity index is 1200. The minimum absolute atomic E-state index is 0.164. The molecule has 0 aliphatic heterocycles. The fourth-order valence-corrected chi connectivity index (χ4v) is 3.12. The van der Waals surface area contributed by atoms with Crippen LogP contribution in [0.1, 0.15) is 41.3 Å². The number of carbonyl (C=O) groups excluding carboxylic acids is 1. The molecule has 3 N–H and O–H groups in total. The third kappa shape index (κ3) is 3.33. The molecule has 2 aromatic carbocycles. The lowest BCUT2D eigenvalue weighted by Gasteiger charge is -2.09. The van der Waals surface area contributed by atoms with Crippen LogP contribution in [0.15, 0.2) is 53.6 Å². The van der Waals surface area contributed by atoms with Gasteiger partial charge in [0.15, 0.2) is 0 Å². The largest absolute Gasteiger partial charge is 0.348 e. The van der Waals surface area contributed by atoms with Crippen molar-refractivity contribution < 1.29 is 4.79 Å². The Labute approximate surface area is 155 Å². The summed E-state index contributed by atoms with van der Waals surface area (Å²) in [6.45, 7) is 4.42. The van der Waals surface area contributed by atoms with Gasteiger partial charge in [-0.3, -0.25) is 9.59 Å². The monoisotopic (exact) mass is 360 g/mol. The zero-order chi connectivity index (χ0) is 19.0. The van der Waals surface area contributed by atoms with E-state index >= 15 is 0 Å². The lowest BCUT2D eigenvalue weighted by Crippen LogP contribution is -2.26. The van der Waals surface area contributed by atoms with Crippen LogP contribution in [-0.2, 0) is 6.54 Å². The molecule has 136 valence electrons. The predicted molar refractivity (Wildman–Crippen MR) is 106 cm³/mol. The lowest BCUT2D eigenvalue weighted by atomic mass is 10.0. The molecular formula is C21H20N4O2. The van der Waals surface area contributed by atoms with Crippen LogP contribution in [0.3, 0.4) is 0 Å². The van der Waals surface area contributed by atoms with Crippen molar-refractivity contribution in [1.82, 2.24) is 20.3 Å². The molecule has 0 aliphatic rings. The maximum absolute atomic E-state index is 12.4. The van der Waals surface area contributed by atoms with Crippen LogP contribution < -0.4 is 10.9 Å². The van der Waals surface area contributed by atoms with Crippen LogP contribution >= 0.6 is 0 Å². The molecule has 6 nitrogen and oxygen atoms in total. The highest BCUT2D eigenvalue weighted by Crippen LogP contribution is 2.20. The van der Waals surface area contributed by atoms with Crippen LogP contribution in [0.25, 0.3) is 21.9 Å². The van der Waals surface area contributed by atoms with E-state index in [2.05, 4.69) is 40.2 Å². The second kappa shape index (κ2) is 6.72. The number of pyridine rings is 1. The van der Waals surface area contributed by atoms with Crippen molar-refractivity contribution in [2.45, 2.75) is 26.3 Å². The van der Waals surface area contributed by atoms with Gasteiger partial charge < -0.3 is 15.3 Å². The number of hydrogen-bond donors (Lipinski definition) is 3. The van der Waals surface area contributed by atoms with Gasteiger partial charge in [-0.1, -0.05) is 19.9 Å². The lowest BCUT2D eigenvalue weighted by molar-refractivity contribution is 0.0951. The molecule has 0 aliphatic carbocycles. The number of amides is 1. The molecule has 0 spiro atoms. The highest BCUT2D eigenvalue weighted by Gasteiger charge is 2.10. The van der Waals surface area contributed by atoms with Crippen LogP contribution in [0.5, 0.6) is 0 Å². The number of fused-ring (bicyclic) bond motifs is 2. The van der Waals surface area contributed by atoms with Crippen LogP contribution in [0.2, 0.25) is 0 Å². The summed E-state index contributed by atoms with van der Waals surface area (Å²) in [5.74, 6) is 0.170. The molecule has 0 bridgehead atoms. The first-order valence-corrected chi connectivity index (χ1v) is 8.88. The fraction of sp³-hybridized carbons (Fsp3) is 0.190. The van der Waals surface area contributed by atoms with Gasteiger partial charge in [-0.2, -0.15) is 0 Å². The molecular weight excluding hydrogens is 340 g/mol. The summed E-state index contributed by atoms with van der Waals surface area (Å²) >= 11 is 0. The summed E-state index contributed by atoms with van der Waals surface area (Å²) in [4.78, 5) is 34.8. The second-order valence-electron chi connectivity index (χ2n) is 6.94. The molecule has 1 amide bonds. The molecule has 27 heavy (non-hydrogen) atoms. The van der Waals surface area contributed by atoms with E-state index in [4.69, 9.17) is 0 Å². The quantitative estimate of drug-likeness (QED) is 0.520. The first-order valence-electron chi connectivity index (χ1n) is 8.88. The van der Waals surface area contributed by atoms with Gasteiger partial charge in [0.2, 0.25) is 0 Å². The molecule has 0 unspecified atom stereocenters. The Morgan fingerprint density at radius 1 is 1.11 bits per heavy atom. The van der Waals surface area contributed by atoms with Gasteiger partial charge in [-0.25, -0.2) is 4.98 Å². The minimum Gasteiger partial charge on any atom is -0.348 e. The van der Waals surface area contributed by atoms with Crippen molar-refractivity contribution >= 4 is 27.8 Å². The first kappa shape index (κ1) is 17.0. The molecule has 0 radical (unpaired) electrons. The first-order chi connectivity index (χ1) is 13.0.